The van der Waals surface area contributed by atoms with Crippen LogP contribution in [0.5, 0.6) is 0 Å². The number of aryl methyl sites for hydroxylation is 1. The number of benzene rings is 9. The lowest BCUT2D eigenvalue weighted by Gasteiger charge is -2.40. The number of para-hydroxylation sites is 2. The topological polar surface area (TPSA) is 29.5 Å². The van der Waals surface area contributed by atoms with E-state index in [0.29, 0.717) is 0 Å². The summed E-state index contributed by atoms with van der Waals surface area (Å²) < 4.78 is 14.2. The molecule has 0 amide bonds. The van der Waals surface area contributed by atoms with Crippen molar-refractivity contribution < 1.29 is 8.83 Å². The van der Waals surface area contributed by atoms with Gasteiger partial charge in [-0.2, -0.15) is 0 Å². The van der Waals surface area contributed by atoms with Gasteiger partial charge in [0.15, 0.2) is 0 Å². The Kier molecular flexibility index (Phi) is 16.7. The number of hydrogen-bond donors (Lipinski definition) is 0. The molecule has 0 unspecified atom stereocenters. The Balaban J connectivity index is 0.948. The third-order valence-corrected chi connectivity index (χ3v) is 23.8. The smallest absolute Gasteiger partial charge is 0.144 e. The molecule has 0 radical (unpaired) electrons. The van der Waals surface area contributed by atoms with Crippen LogP contribution in [0.1, 0.15) is 260 Å². The van der Waals surface area contributed by atoms with E-state index in [1.807, 2.05) is 0 Å². The summed E-state index contributed by atoms with van der Waals surface area (Å²) in [5.74, 6) is 0. The van der Waals surface area contributed by atoms with Crippen LogP contribution in [0.3, 0.4) is 0 Å². The highest BCUT2D eigenvalue weighted by Gasteiger charge is 2.54. The van der Waals surface area contributed by atoms with Crippen LogP contribution in [0.4, 0.5) is 17.1 Å². The number of furan rings is 2. The minimum atomic E-state index is -0.272. The van der Waals surface area contributed by atoms with E-state index in [1.165, 1.54) is 258 Å². The number of rotatable bonds is 27. The van der Waals surface area contributed by atoms with Gasteiger partial charge in [0, 0.05) is 65.8 Å². The molecule has 4 aliphatic rings. The van der Waals surface area contributed by atoms with E-state index >= 15 is 0 Å². The van der Waals surface area contributed by atoms with Crippen molar-refractivity contribution in [3.8, 4) is 44.5 Å². The molecule has 2 aromatic heterocycles. The first-order valence-corrected chi connectivity index (χ1v) is 37.3. The molecule has 0 spiro atoms. The Morgan fingerprint density at radius 1 is 0.319 bits per heavy atom. The molecule has 11 aromatic rings. The van der Waals surface area contributed by atoms with Gasteiger partial charge in [-0.15, -0.1) is 0 Å². The molecule has 0 aliphatic heterocycles. The van der Waals surface area contributed by atoms with Crippen LogP contribution in [-0.4, -0.2) is 0 Å². The first kappa shape index (κ1) is 62.5. The summed E-state index contributed by atoms with van der Waals surface area (Å²) in [5, 5.41) is 5.04. The first-order valence-electron chi connectivity index (χ1n) is 37.3. The largest absolute Gasteiger partial charge is 0.456 e. The van der Waals surface area contributed by atoms with Crippen molar-refractivity contribution in [1.82, 2.24) is 0 Å². The van der Waals surface area contributed by atoms with E-state index in [2.05, 4.69) is 225 Å². The molecular weight excluding hydrogens is 1140 g/mol. The minimum absolute atomic E-state index is 0.122. The zero-order chi connectivity index (χ0) is 64.5. The van der Waals surface area contributed by atoms with Gasteiger partial charge in [0.25, 0.3) is 0 Å². The third-order valence-electron chi connectivity index (χ3n) is 23.8. The van der Waals surface area contributed by atoms with Crippen molar-refractivity contribution in [2.75, 3.05) is 4.90 Å². The molecule has 0 fully saturated rings. The average Bonchev–Trinajstić information content (AvgIpc) is 1.50. The van der Waals surface area contributed by atoms with Crippen LogP contribution in [-0.2, 0) is 21.7 Å². The molecule has 0 saturated carbocycles. The number of fused-ring (bicyclic) bond motifs is 22. The summed E-state index contributed by atoms with van der Waals surface area (Å²) in [6.45, 7) is 21.6. The molecule has 3 nitrogen and oxygen atoms in total. The summed E-state index contributed by atoms with van der Waals surface area (Å²) in [5.41, 5.74) is 31.3. The van der Waals surface area contributed by atoms with Gasteiger partial charge >= 0.3 is 0 Å². The van der Waals surface area contributed by atoms with Crippen LogP contribution < -0.4 is 4.90 Å². The van der Waals surface area contributed by atoms with Crippen molar-refractivity contribution in [3.05, 3.63) is 208 Å². The van der Waals surface area contributed by atoms with Gasteiger partial charge in [0.2, 0.25) is 0 Å². The predicted molar refractivity (Wildman–Crippen MR) is 401 cm³/mol. The maximum Gasteiger partial charge on any atom is 0.144 e. The predicted octanol–water partition coefficient (Wildman–Crippen LogP) is 27.9. The quantitative estimate of drug-likeness (QED) is 0.0481. The summed E-state index contributed by atoms with van der Waals surface area (Å²) in [6.07, 6.45) is 30.0. The van der Waals surface area contributed by atoms with Gasteiger partial charge in [-0.3, -0.25) is 0 Å². The second-order valence-electron chi connectivity index (χ2n) is 30.5. The zero-order valence-electron chi connectivity index (χ0n) is 58.2. The lowest BCUT2D eigenvalue weighted by molar-refractivity contribution is 0.369. The van der Waals surface area contributed by atoms with Crippen molar-refractivity contribution >= 4 is 60.9 Å². The van der Waals surface area contributed by atoms with Crippen LogP contribution in [0.15, 0.2) is 167 Å². The maximum absolute atomic E-state index is 7.61. The average molecular weight is 1240 g/mol. The van der Waals surface area contributed by atoms with E-state index in [-0.39, 0.29) is 21.7 Å². The van der Waals surface area contributed by atoms with E-state index in [9.17, 15) is 0 Å². The molecule has 9 aromatic carbocycles. The Bertz CT molecular complexity index is 4640. The Labute approximate surface area is 561 Å². The van der Waals surface area contributed by atoms with E-state index in [4.69, 9.17) is 8.83 Å². The molecule has 15 rings (SSSR count). The lowest BCUT2D eigenvalue weighted by Crippen LogP contribution is -2.33. The highest BCUT2D eigenvalue weighted by atomic mass is 16.3. The Hall–Kier alpha value is -7.62. The molecule has 94 heavy (non-hydrogen) atoms. The number of anilines is 3. The van der Waals surface area contributed by atoms with Gasteiger partial charge in [-0.05, 0) is 188 Å². The van der Waals surface area contributed by atoms with Gasteiger partial charge in [-0.1, -0.05) is 275 Å². The van der Waals surface area contributed by atoms with Gasteiger partial charge in [0.05, 0.1) is 0 Å². The number of unbranched alkanes of at least 4 members (excludes halogenated alkanes) is 16. The molecule has 4 aliphatic carbocycles. The standard InChI is InChI=1S/C91H101NO2/c1-10-14-18-22-32-51-90(52-33-23-19-15-11-2)71-42-29-26-39-65(71)82-83-68-41-28-31-44-78(68)94-87(83)84-66-48-46-63(57-76(66)91(86(84)85(82)90,53-34-24-20-16-12-3)54-35-25-21-17-13-4)92(61-38-36-37-60(5)55-61)62-45-47-64-69-58-75-70(59-74(69)89(8,9)73(64)56-62)80-72(88(75,6)7)49-50-79-81(80)67-40-27-30-43-77(67)93-79/h26-31,36-50,55-59H,10-25,32-35,51-54H2,1-9H3. The minimum Gasteiger partial charge on any atom is -0.456 e. The molecule has 482 valence electrons. The molecule has 0 saturated heterocycles. The van der Waals surface area contributed by atoms with Crippen molar-refractivity contribution in [1.29, 1.82) is 0 Å². The lowest BCUT2D eigenvalue weighted by atomic mass is 9.62. The summed E-state index contributed by atoms with van der Waals surface area (Å²) >= 11 is 0. The molecule has 0 atom stereocenters. The Morgan fingerprint density at radius 2 is 0.798 bits per heavy atom. The fraction of sp³-hybridized carbons (Fsp3) is 0.407. The zero-order valence-corrected chi connectivity index (χ0v) is 58.2. The fourth-order valence-corrected chi connectivity index (χ4v) is 19.1. The van der Waals surface area contributed by atoms with Crippen LogP contribution in [0.2, 0.25) is 0 Å². The highest BCUT2D eigenvalue weighted by molar-refractivity contribution is 6.21. The van der Waals surface area contributed by atoms with Gasteiger partial charge in [0.1, 0.15) is 22.3 Å². The van der Waals surface area contributed by atoms with Crippen molar-refractivity contribution in [2.24, 2.45) is 0 Å². The highest BCUT2D eigenvalue weighted by Crippen LogP contribution is 2.68. The van der Waals surface area contributed by atoms with Crippen molar-refractivity contribution in [2.45, 2.75) is 238 Å². The van der Waals surface area contributed by atoms with Gasteiger partial charge in [-0.25, -0.2) is 0 Å². The van der Waals surface area contributed by atoms with Crippen LogP contribution in [0, 0.1) is 6.92 Å². The van der Waals surface area contributed by atoms with E-state index in [1.54, 1.807) is 16.7 Å². The van der Waals surface area contributed by atoms with Crippen LogP contribution in [0.25, 0.3) is 88.4 Å². The molecule has 0 bridgehead atoms. The number of nitrogens with zero attached hydrogens (tertiary/aromatic N) is 1. The second-order valence-corrected chi connectivity index (χ2v) is 30.5. The monoisotopic (exact) mass is 1240 g/mol. The second kappa shape index (κ2) is 25.2. The summed E-state index contributed by atoms with van der Waals surface area (Å²) in [7, 11) is 0. The molecule has 0 N–H and O–H groups in total. The third kappa shape index (κ3) is 9.99. The fourth-order valence-electron chi connectivity index (χ4n) is 19.1. The number of hydrogen-bond acceptors (Lipinski definition) is 3. The normalized spacial score (nSPS) is 15.4. The molecule has 2 heterocycles. The van der Waals surface area contributed by atoms with Gasteiger partial charge < -0.3 is 13.7 Å². The van der Waals surface area contributed by atoms with E-state index in [0.717, 1.165) is 35.2 Å². The Morgan fingerprint density at radius 3 is 1.43 bits per heavy atom. The molecule has 3 heteroatoms. The summed E-state index contributed by atoms with van der Waals surface area (Å²) in [4.78, 5) is 2.64. The van der Waals surface area contributed by atoms with E-state index < -0.39 is 0 Å². The first-order chi connectivity index (χ1) is 45.9. The maximum atomic E-state index is 7.61. The molecular formula is C91H101NO2. The summed E-state index contributed by atoms with van der Waals surface area (Å²) in [6, 6.07) is 61.9. The van der Waals surface area contributed by atoms with Crippen molar-refractivity contribution in [3.63, 3.8) is 0 Å². The SMILES string of the molecule is CCCCCCCC1(CCCCCCC)c2cc(N(c3cccc(C)c3)c3ccc4c(c3)C(C)(C)c3cc5c(cc3-4)C(C)(C)c3ccc4oc6ccccc6c4c3-5)ccc2-c2c1c1c(c3c2oc2ccccc23)-c2ccccc2C1(CCCCCCC)CCCCCCC. The van der Waals surface area contributed by atoms with Crippen LogP contribution >= 0.6 is 0 Å².